The Balaban J connectivity index is 2.91. The van der Waals surface area contributed by atoms with Crippen LogP contribution < -0.4 is 4.90 Å². The summed E-state index contributed by atoms with van der Waals surface area (Å²) in [6, 6.07) is 5.53. The van der Waals surface area contributed by atoms with Gasteiger partial charge < -0.3 is 9.64 Å². The molecule has 1 aromatic rings. The lowest BCUT2D eigenvalue weighted by Crippen LogP contribution is -2.32. The van der Waals surface area contributed by atoms with Gasteiger partial charge in [-0.25, -0.2) is 0 Å². The molecular formula is C15H20ClNO2. The highest BCUT2D eigenvalue weighted by molar-refractivity contribution is 6.30. The second-order valence-electron chi connectivity index (χ2n) is 4.46. The molecule has 0 heterocycles. The lowest BCUT2D eigenvalue weighted by Gasteiger charge is -2.24. The van der Waals surface area contributed by atoms with Crippen LogP contribution in [0.25, 0.3) is 6.08 Å². The van der Waals surface area contributed by atoms with E-state index in [1.807, 2.05) is 37.8 Å². The van der Waals surface area contributed by atoms with Gasteiger partial charge in [0, 0.05) is 17.3 Å². The molecule has 1 rings (SSSR count). The SMILES string of the molecule is C=Cc1cc(Cl)ccc1N(CC)CC(=O)OC(C)C. The van der Waals surface area contributed by atoms with Crippen molar-refractivity contribution in [3.63, 3.8) is 0 Å². The summed E-state index contributed by atoms with van der Waals surface area (Å²) in [5, 5.41) is 0.652. The number of benzene rings is 1. The van der Waals surface area contributed by atoms with Gasteiger partial charge in [-0.15, -0.1) is 0 Å². The molecule has 0 aliphatic rings. The predicted molar refractivity (Wildman–Crippen MR) is 80.7 cm³/mol. The molecule has 0 bridgehead atoms. The molecule has 0 aliphatic carbocycles. The predicted octanol–water partition coefficient (Wildman–Crippen LogP) is 3.76. The first-order valence-corrected chi connectivity index (χ1v) is 6.72. The molecule has 0 aromatic heterocycles. The minimum atomic E-state index is -0.234. The molecule has 0 saturated carbocycles. The highest BCUT2D eigenvalue weighted by Crippen LogP contribution is 2.25. The fourth-order valence-corrected chi connectivity index (χ4v) is 1.98. The monoisotopic (exact) mass is 281 g/mol. The maximum atomic E-state index is 11.7. The molecule has 4 heteroatoms. The fourth-order valence-electron chi connectivity index (χ4n) is 1.80. The van der Waals surface area contributed by atoms with Crippen molar-refractivity contribution in [2.75, 3.05) is 18.0 Å². The van der Waals surface area contributed by atoms with Crippen LogP contribution in [-0.2, 0) is 9.53 Å². The molecule has 1 aromatic carbocycles. The fraction of sp³-hybridized carbons (Fsp3) is 0.400. The Morgan fingerprint density at radius 3 is 2.74 bits per heavy atom. The van der Waals surface area contributed by atoms with E-state index in [0.717, 1.165) is 11.3 Å². The molecule has 0 radical (unpaired) electrons. The van der Waals surface area contributed by atoms with Crippen molar-refractivity contribution in [1.29, 1.82) is 0 Å². The minimum Gasteiger partial charge on any atom is -0.462 e. The quantitative estimate of drug-likeness (QED) is 0.744. The molecule has 104 valence electrons. The third kappa shape index (κ3) is 4.60. The van der Waals surface area contributed by atoms with E-state index in [0.29, 0.717) is 11.6 Å². The summed E-state index contributed by atoms with van der Waals surface area (Å²) in [6.07, 6.45) is 1.63. The molecule has 19 heavy (non-hydrogen) atoms. The summed E-state index contributed by atoms with van der Waals surface area (Å²) >= 11 is 5.96. The zero-order valence-electron chi connectivity index (χ0n) is 11.6. The second-order valence-corrected chi connectivity index (χ2v) is 4.90. The number of hydrogen-bond acceptors (Lipinski definition) is 3. The van der Waals surface area contributed by atoms with Crippen LogP contribution in [0.15, 0.2) is 24.8 Å². The third-order valence-electron chi connectivity index (χ3n) is 2.62. The first kappa shape index (κ1) is 15.6. The zero-order valence-corrected chi connectivity index (χ0v) is 12.4. The average Bonchev–Trinajstić information content (AvgIpc) is 2.35. The van der Waals surface area contributed by atoms with Gasteiger partial charge >= 0.3 is 5.97 Å². The van der Waals surface area contributed by atoms with Gasteiger partial charge in [0.15, 0.2) is 0 Å². The van der Waals surface area contributed by atoms with Crippen LogP contribution in [0.5, 0.6) is 0 Å². The highest BCUT2D eigenvalue weighted by Gasteiger charge is 2.14. The zero-order chi connectivity index (χ0) is 14.4. The lowest BCUT2D eigenvalue weighted by molar-refractivity contribution is -0.145. The van der Waals surface area contributed by atoms with Crippen LogP contribution in [0, 0.1) is 0 Å². The van der Waals surface area contributed by atoms with E-state index < -0.39 is 0 Å². The Labute approximate surface area is 119 Å². The van der Waals surface area contributed by atoms with Crippen molar-refractivity contribution in [2.24, 2.45) is 0 Å². The summed E-state index contributed by atoms with van der Waals surface area (Å²) in [5.74, 6) is -0.234. The van der Waals surface area contributed by atoms with Gasteiger partial charge in [-0.3, -0.25) is 4.79 Å². The van der Waals surface area contributed by atoms with Crippen molar-refractivity contribution in [2.45, 2.75) is 26.9 Å². The molecule has 3 nitrogen and oxygen atoms in total. The highest BCUT2D eigenvalue weighted by atomic mass is 35.5. The maximum Gasteiger partial charge on any atom is 0.325 e. The number of ether oxygens (including phenoxy) is 1. The standard InChI is InChI=1S/C15H20ClNO2/c1-5-12-9-13(16)7-8-14(12)17(6-2)10-15(18)19-11(3)4/h5,7-9,11H,1,6,10H2,2-4H3. The number of carbonyl (C=O) groups is 1. The van der Waals surface area contributed by atoms with Crippen LogP contribution in [0.3, 0.4) is 0 Å². The van der Waals surface area contributed by atoms with Gasteiger partial charge in [0.05, 0.1) is 6.10 Å². The minimum absolute atomic E-state index is 0.102. The van der Waals surface area contributed by atoms with E-state index in [4.69, 9.17) is 16.3 Å². The van der Waals surface area contributed by atoms with Crippen LogP contribution in [-0.4, -0.2) is 25.2 Å². The number of hydrogen-bond donors (Lipinski definition) is 0. The number of esters is 1. The molecule has 0 atom stereocenters. The Kier molecular flexibility index (Phi) is 5.90. The maximum absolute atomic E-state index is 11.7. The van der Waals surface area contributed by atoms with Gasteiger partial charge in [0.2, 0.25) is 0 Å². The van der Waals surface area contributed by atoms with E-state index in [9.17, 15) is 4.79 Å². The summed E-state index contributed by atoms with van der Waals surface area (Å²) in [7, 11) is 0. The molecule has 0 fully saturated rings. The summed E-state index contributed by atoms with van der Waals surface area (Å²) in [5.41, 5.74) is 1.84. The number of nitrogens with zero attached hydrogens (tertiary/aromatic N) is 1. The van der Waals surface area contributed by atoms with Gasteiger partial charge in [-0.1, -0.05) is 24.3 Å². The van der Waals surface area contributed by atoms with E-state index >= 15 is 0 Å². The molecule has 0 saturated heterocycles. The summed E-state index contributed by atoms with van der Waals surface area (Å²) in [4.78, 5) is 13.7. The average molecular weight is 282 g/mol. The number of rotatable bonds is 6. The normalized spacial score (nSPS) is 10.4. The topological polar surface area (TPSA) is 29.5 Å². The van der Waals surface area contributed by atoms with Crippen LogP contribution in [0.1, 0.15) is 26.3 Å². The van der Waals surface area contributed by atoms with E-state index in [2.05, 4.69) is 6.58 Å². The number of anilines is 1. The van der Waals surface area contributed by atoms with E-state index in [1.165, 1.54) is 0 Å². The van der Waals surface area contributed by atoms with Crippen molar-refractivity contribution in [3.8, 4) is 0 Å². The van der Waals surface area contributed by atoms with Crippen molar-refractivity contribution < 1.29 is 9.53 Å². The summed E-state index contributed by atoms with van der Waals surface area (Å²) < 4.78 is 5.17. The van der Waals surface area contributed by atoms with Crippen molar-refractivity contribution in [1.82, 2.24) is 0 Å². The molecule has 0 amide bonds. The molecular weight excluding hydrogens is 262 g/mol. The van der Waals surface area contributed by atoms with Gasteiger partial charge in [-0.2, -0.15) is 0 Å². The Bertz CT molecular complexity index is 457. The smallest absolute Gasteiger partial charge is 0.325 e. The van der Waals surface area contributed by atoms with Crippen LogP contribution >= 0.6 is 11.6 Å². The van der Waals surface area contributed by atoms with Gasteiger partial charge in [0.25, 0.3) is 0 Å². The number of carbonyl (C=O) groups excluding carboxylic acids is 1. The van der Waals surface area contributed by atoms with Gasteiger partial charge in [-0.05, 0) is 44.5 Å². The third-order valence-corrected chi connectivity index (χ3v) is 2.85. The Morgan fingerprint density at radius 2 is 2.21 bits per heavy atom. The van der Waals surface area contributed by atoms with E-state index in [1.54, 1.807) is 12.1 Å². The number of likely N-dealkylation sites (N-methyl/N-ethyl adjacent to an activating group) is 1. The molecule has 0 aliphatic heterocycles. The largest absolute Gasteiger partial charge is 0.462 e. The van der Waals surface area contributed by atoms with Crippen molar-refractivity contribution in [3.05, 3.63) is 35.4 Å². The molecule has 0 unspecified atom stereocenters. The molecule has 0 spiro atoms. The van der Waals surface area contributed by atoms with E-state index in [-0.39, 0.29) is 18.6 Å². The van der Waals surface area contributed by atoms with Crippen LogP contribution in [0.2, 0.25) is 5.02 Å². The molecule has 0 N–H and O–H groups in total. The van der Waals surface area contributed by atoms with Crippen LogP contribution in [0.4, 0.5) is 5.69 Å². The van der Waals surface area contributed by atoms with Gasteiger partial charge in [0.1, 0.15) is 6.54 Å². The first-order chi connectivity index (χ1) is 8.97. The summed E-state index contributed by atoms with van der Waals surface area (Å²) in [6.45, 7) is 10.4. The Hall–Kier alpha value is -1.48. The van der Waals surface area contributed by atoms with Crippen molar-refractivity contribution >= 4 is 29.3 Å². The second kappa shape index (κ2) is 7.19. The lowest BCUT2D eigenvalue weighted by atomic mass is 10.1. The number of halogens is 1. The Morgan fingerprint density at radius 1 is 1.53 bits per heavy atom. The first-order valence-electron chi connectivity index (χ1n) is 6.34.